The molecule has 2 aromatic carbocycles. The predicted molar refractivity (Wildman–Crippen MR) is 131 cm³/mol. The van der Waals surface area contributed by atoms with E-state index in [1.54, 1.807) is 15.6 Å². The summed E-state index contributed by atoms with van der Waals surface area (Å²) in [6.07, 6.45) is 4.00. The molecule has 34 heavy (non-hydrogen) atoms. The maximum absolute atomic E-state index is 13.0. The highest BCUT2D eigenvalue weighted by molar-refractivity contribution is 5.95. The Kier molecular flexibility index (Phi) is 6.22. The van der Waals surface area contributed by atoms with E-state index in [4.69, 9.17) is 0 Å². The van der Waals surface area contributed by atoms with Gasteiger partial charge in [-0.3, -0.25) is 9.59 Å². The number of aromatic nitrogens is 4. The van der Waals surface area contributed by atoms with Crippen molar-refractivity contribution in [3.8, 4) is 5.69 Å². The maximum Gasteiger partial charge on any atom is 0.274 e. The van der Waals surface area contributed by atoms with E-state index in [2.05, 4.69) is 20.4 Å². The molecule has 0 radical (unpaired) electrons. The highest BCUT2D eigenvalue weighted by atomic mass is 16.2. The van der Waals surface area contributed by atoms with Gasteiger partial charge in [0.1, 0.15) is 0 Å². The Morgan fingerprint density at radius 1 is 0.971 bits per heavy atom. The molecule has 0 saturated carbocycles. The molecule has 1 aliphatic rings. The minimum atomic E-state index is -0.222. The van der Waals surface area contributed by atoms with Crippen LogP contribution in [0, 0.1) is 6.92 Å². The number of rotatable bonds is 7. The van der Waals surface area contributed by atoms with E-state index in [-0.39, 0.29) is 18.0 Å². The average Bonchev–Trinajstić information content (AvgIpc) is 3.53. The van der Waals surface area contributed by atoms with E-state index >= 15 is 0 Å². The van der Waals surface area contributed by atoms with Gasteiger partial charge in [-0.2, -0.15) is 10.2 Å². The average molecular weight is 457 g/mol. The van der Waals surface area contributed by atoms with E-state index in [1.165, 1.54) is 12.8 Å². The lowest BCUT2D eigenvalue weighted by Crippen LogP contribution is -2.32. The van der Waals surface area contributed by atoms with E-state index in [1.807, 2.05) is 61.5 Å². The summed E-state index contributed by atoms with van der Waals surface area (Å²) in [4.78, 5) is 28.4. The lowest BCUT2D eigenvalue weighted by atomic mass is 10.1. The zero-order valence-corrected chi connectivity index (χ0v) is 19.3. The van der Waals surface area contributed by atoms with Gasteiger partial charge < -0.3 is 10.2 Å². The molecule has 0 aliphatic carbocycles. The summed E-state index contributed by atoms with van der Waals surface area (Å²) in [6, 6.07) is 17.2. The number of benzene rings is 2. The van der Waals surface area contributed by atoms with Gasteiger partial charge in [0.05, 0.1) is 47.3 Å². The van der Waals surface area contributed by atoms with Crippen molar-refractivity contribution in [3.05, 3.63) is 88.1 Å². The summed E-state index contributed by atoms with van der Waals surface area (Å²) in [6.45, 7) is 5.57. The number of hydrogen-bond donors (Lipinski definition) is 1. The Hall–Kier alpha value is -3.78. The van der Waals surface area contributed by atoms with Crippen molar-refractivity contribution in [3.63, 3.8) is 0 Å². The van der Waals surface area contributed by atoms with Gasteiger partial charge in [-0.15, -0.1) is 0 Å². The van der Waals surface area contributed by atoms with Crippen LogP contribution in [0.25, 0.3) is 16.5 Å². The van der Waals surface area contributed by atoms with Gasteiger partial charge in [-0.1, -0.05) is 36.4 Å². The Labute approximate surface area is 197 Å². The monoisotopic (exact) mass is 456 g/mol. The van der Waals surface area contributed by atoms with Crippen molar-refractivity contribution in [2.24, 2.45) is 0 Å². The van der Waals surface area contributed by atoms with Crippen molar-refractivity contribution in [2.45, 2.75) is 32.9 Å². The van der Waals surface area contributed by atoms with Crippen LogP contribution < -0.4 is 10.9 Å². The van der Waals surface area contributed by atoms with Crippen LogP contribution in [0.5, 0.6) is 0 Å². The fourth-order valence-corrected chi connectivity index (χ4v) is 4.55. The summed E-state index contributed by atoms with van der Waals surface area (Å²) in [7, 11) is 0. The number of para-hydroxylation sites is 1. The second kappa shape index (κ2) is 9.61. The number of carbonyl (C=O) groups is 1. The Morgan fingerprint density at radius 2 is 1.68 bits per heavy atom. The van der Waals surface area contributed by atoms with Crippen LogP contribution in [-0.2, 0) is 13.1 Å². The predicted octanol–water partition coefficient (Wildman–Crippen LogP) is 2.92. The molecule has 1 amide bonds. The molecule has 8 heteroatoms. The minimum Gasteiger partial charge on any atom is -0.346 e. The zero-order valence-electron chi connectivity index (χ0n) is 19.3. The molecular formula is C26H28N6O2. The first-order chi connectivity index (χ1) is 16.6. The van der Waals surface area contributed by atoms with Crippen LogP contribution in [0.4, 0.5) is 0 Å². The number of amides is 1. The van der Waals surface area contributed by atoms with Crippen LogP contribution in [-0.4, -0.2) is 50.0 Å². The normalized spacial score (nSPS) is 14.0. The SMILES string of the molecule is Cc1c(C(=O)NCc2nn(CCN3CCCC3)c(=O)c3ccccc23)cnn1-c1ccccc1. The van der Waals surface area contributed by atoms with Crippen molar-refractivity contribution in [1.82, 2.24) is 29.8 Å². The molecule has 3 heterocycles. The number of nitrogens with zero attached hydrogens (tertiary/aromatic N) is 5. The van der Waals surface area contributed by atoms with Gasteiger partial charge in [-0.25, -0.2) is 9.36 Å². The molecule has 0 atom stereocenters. The molecule has 174 valence electrons. The second-order valence-corrected chi connectivity index (χ2v) is 8.64. The molecule has 0 unspecified atom stereocenters. The highest BCUT2D eigenvalue weighted by Crippen LogP contribution is 2.16. The lowest BCUT2D eigenvalue weighted by Gasteiger charge is -2.16. The van der Waals surface area contributed by atoms with Gasteiger partial charge in [0.25, 0.3) is 11.5 Å². The summed E-state index contributed by atoms with van der Waals surface area (Å²) >= 11 is 0. The van der Waals surface area contributed by atoms with Crippen molar-refractivity contribution >= 4 is 16.7 Å². The first-order valence-electron chi connectivity index (χ1n) is 11.7. The molecular weight excluding hydrogens is 428 g/mol. The molecule has 5 rings (SSSR count). The first kappa shape index (κ1) is 22.0. The van der Waals surface area contributed by atoms with Crippen LogP contribution in [0.15, 0.2) is 65.6 Å². The van der Waals surface area contributed by atoms with Crippen molar-refractivity contribution < 1.29 is 4.79 Å². The number of hydrogen-bond acceptors (Lipinski definition) is 5. The molecule has 1 N–H and O–H groups in total. The zero-order chi connectivity index (χ0) is 23.5. The molecule has 1 saturated heterocycles. The fourth-order valence-electron chi connectivity index (χ4n) is 4.55. The number of likely N-dealkylation sites (tertiary alicyclic amines) is 1. The first-order valence-corrected chi connectivity index (χ1v) is 11.7. The van der Waals surface area contributed by atoms with Crippen molar-refractivity contribution in [2.75, 3.05) is 19.6 Å². The third-order valence-electron chi connectivity index (χ3n) is 6.44. The molecule has 0 spiro atoms. The van der Waals surface area contributed by atoms with Crippen LogP contribution in [0.1, 0.15) is 34.6 Å². The Bertz CT molecular complexity index is 1370. The molecule has 8 nitrogen and oxygen atoms in total. The topological polar surface area (TPSA) is 85.1 Å². The summed E-state index contributed by atoms with van der Waals surface area (Å²) in [5.74, 6) is -0.222. The van der Waals surface area contributed by atoms with Gasteiger partial charge in [-0.05, 0) is 51.1 Å². The molecule has 1 fully saturated rings. The fraction of sp³-hybridized carbons (Fsp3) is 0.308. The lowest BCUT2D eigenvalue weighted by molar-refractivity contribution is 0.0949. The molecule has 0 bridgehead atoms. The van der Waals surface area contributed by atoms with E-state index < -0.39 is 0 Å². The number of fused-ring (bicyclic) bond motifs is 1. The van der Waals surface area contributed by atoms with E-state index in [9.17, 15) is 9.59 Å². The standard InChI is InChI=1S/C26H28N6O2/c1-19-23(17-28-32(19)20-9-3-2-4-10-20)25(33)27-18-24-21-11-5-6-12-22(21)26(34)31(29-24)16-15-30-13-7-8-14-30/h2-6,9-12,17H,7-8,13-16,18H2,1H3,(H,27,33). The summed E-state index contributed by atoms with van der Waals surface area (Å²) in [5.41, 5.74) is 2.76. The molecule has 1 aliphatic heterocycles. The van der Waals surface area contributed by atoms with Crippen molar-refractivity contribution in [1.29, 1.82) is 0 Å². The Morgan fingerprint density at radius 3 is 2.44 bits per heavy atom. The third-order valence-corrected chi connectivity index (χ3v) is 6.44. The van der Waals surface area contributed by atoms with E-state index in [0.29, 0.717) is 23.2 Å². The molecule has 4 aromatic rings. The van der Waals surface area contributed by atoms with Gasteiger partial charge in [0.15, 0.2) is 0 Å². The maximum atomic E-state index is 13.0. The van der Waals surface area contributed by atoms with Crippen LogP contribution >= 0.6 is 0 Å². The van der Waals surface area contributed by atoms with Gasteiger partial charge in [0.2, 0.25) is 0 Å². The number of carbonyl (C=O) groups excluding carboxylic acids is 1. The Balaban J connectivity index is 1.37. The number of nitrogens with one attached hydrogen (secondary N) is 1. The van der Waals surface area contributed by atoms with Gasteiger partial charge >= 0.3 is 0 Å². The minimum absolute atomic E-state index is 0.0927. The largest absolute Gasteiger partial charge is 0.346 e. The quantitative estimate of drug-likeness (QED) is 0.462. The smallest absolute Gasteiger partial charge is 0.274 e. The molecule has 2 aromatic heterocycles. The van der Waals surface area contributed by atoms with Crippen LogP contribution in [0.2, 0.25) is 0 Å². The highest BCUT2D eigenvalue weighted by Gasteiger charge is 2.17. The summed E-state index contributed by atoms with van der Waals surface area (Å²) < 4.78 is 3.29. The van der Waals surface area contributed by atoms with Crippen LogP contribution in [0.3, 0.4) is 0 Å². The second-order valence-electron chi connectivity index (χ2n) is 8.64. The van der Waals surface area contributed by atoms with E-state index in [0.717, 1.165) is 36.4 Å². The summed E-state index contributed by atoms with van der Waals surface area (Å²) in [5, 5.41) is 13.4. The van der Waals surface area contributed by atoms with Gasteiger partial charge in [0, 0.05) is 11.9 Å². The third kappa shape index (κ3) is 4.36.